The minimum atomic E-state index is -0.258. The van der Waals surface area contributed by atoms with Gasteiger partial charge in [0.1, 0.15) is 5.82 Å². The van der Waals surface area contributed by atoms with Gasteiger partial charge in [-0.15, -0.1) is 0 Å². The van der Waals surface area contributed by atoms with Crippen LogP contribution in [0.15, 0.2) is 22.6 Å². The smallest absolute Gasteiger partial charge is 0.287 e. The minimum Gasteiger partial charge on any atom is -0.449 e. The van der Waals surface area contributed by atoms with Gasteiger partial charge in [0.25, 0.3) is 5.91 Å². The van der Waals surface area contributed by atoms with Crippen molar-refractivity contribution in [2.75, 3.05) is 6.54 Å². The third-order valence-corrected chi connectivity index (χ3v) is 4.29. The van der Waals surface area contributed by atoms with Crippen LogP contribution in [0.5, 0.6) is 0 Å². The number of aryl methyl sites for hydroxylation is 4. The molecule has 5 nitrogen and oxygen atoms in total. The molecule has 1 N–H and O–H groups in total. The van der Waals surface area contributed by atoms with Crippen LogP contribution in [0.4, 0.5) is 0 Å². The average molecular weight is 358 g/mol. The van der Waals surface area contributed by atoms with E-state index in [9.17, 15) is 4.79 Å². The Morgan fingerprint density at radius 3 is 2.48 bits per heavy atom. The first-order chi connectivity index (χ1) is 11.8. The first-order valence-corrected chi connectivity index (χ1v) is 8.51. The van der Waals surface area contributed by atoms with Crippen LogP contribution in [-0.4, -0.2) is 22.4 Å². The summed E-state index contributed by atoms with van der Waals surface area (Å²) in [6.07, 6.45) is 0.563. The van der Waals surface area contributed by atoms with Gasteiger partial charge in [0, 0.05) is 35.3 Å². The summed E-state index contributed by atoms with van der Waals surface area (Å²) in [6.45, 7) is 8.12. The SMILES string of the molecule is Cc1cc(Cl)c2oc(C(=O)NCCc3nc(C)cc(C)n3)c(C)c2c1. The van der Waals surface area contributed by atoms with E-state index in [-0.39, 0.29) is 5.91 Å². The Labute approximate surface area is 151 Å². The molecule has 25 heavy (non-hydrogen) atoms. The van der Waals surface area contributed by atoms with Crippen LogP contribution >= 0.6 is 11.6 Å². The van der Waals surface area contributed by atoms with Crippen molar-refractivity contribution < 1.29 is 9.21 Å². The molecule has 6 heteroatoms. The fourth-order valence-corrected chi connectivity index (χ4v) is 3.22. The van der Waals surface area contributed by atoms with Crippen LogP contribution in [0.3, 0.4) is 0 Å². The highest BCUT2D eigenvalue weighted by Crippen LogP contribution is 2.32. The van der Waals surface area contributed by atoms with E-state index in [1.807, 2.05) is 45.9 Å². The number of fused-ring (bicyclic) bond motifs is 1. The maximum Gasteiger partial charge on any atom is 0.287 e. The molecule has 1 amide bonds. The molecule has 0 atom stereocenters. The van der Waals surface area contributed by atoms with E-state index in [4.69, 9.17) is 16.0 Å². The molecule has 0 saturated carbocycles. The molecule has 3 aromatic rings. The lowest BCUT2D eigenvalue weighted by Crippen LogP contribution is -2.26. The molecule has 0 bridgehead atoms. The quantitative estimate of drug-likeness (QED) is 0.763. The van der Waals surface area contributed by atoms with Crippen molar-refractivity contribution in [3.63, 3.8) is 0 Å². The van der Waals surface area contributed by atoms with E-state index in [1.165, 1.54) is 0 Å². The second-order valence-corrected chi connectivity index (χ2v) is 6.66. The molecule has 0 radical (unpaired) electrons. The number of halogens is 1. The molecule has 0 fully saturated rings. The van der Waals surface area contributed by atoms with Crippen molar-refractivity contribution in [2.24, 2.45) is 0 Å². The predicted octanol–water partition coefficient (Wildman–Crippen LogP) is 4.08. The third-order valence-electron chi connectivity index (χ3n) is 4.01. The Morgan fingerprint density at radius 2 is 1.80 bits per heavy atom. The molecule has 1 aromatic carbocycles. The summed E-state index contributed by atoms with van der Waals surface area (Å²) in [5.41, 5.74) is 4.22. The molecule has 3 rings (SSSR count). The van der Waals surface area contributed by atoms with Crippen molar-refractivity contribution in [3.8, 4) is 0 Å². The minimum absolute atomic E-state index is 0.258. The molecule has 2 aromatic heterocycles. The fraction of sp³-hybridized carbons (Fsp3) is 0.316. The van der Waals surface area contributed by atoms with Crippen LogP contribution < -0.4 is 5.32 Å². The van der Waals surface area contributed by atoms with Gasteiger partial charge < -0.3 is 9.73 Å². The number of nitrogens with zero attached hydrogens (tertiary/aromatic N) is 2. The van der Waals surface area contributed by atoms with Crippen LogP contribution in [0.25, 0.3) is 11.0 Å². The van der Waals surface area contributed by atoms with Gasteiger partial charge in [-0.1, -0.05) is 11.6 Å². The highest BCUT2D eigenvalue weighted by molar-refractivity contribution is 6.35. The lowest BCUT2D eigenvalue weighted by atomic mass is 10.1. The van der Waals surface area contributed by atoms with Crippen LogP contribution in [0, 0.1) is 27.7 Å². The van der Waals surface area contributed by atoms with Gasteiger partial charge in [-0.3, -0.25) is 4.79 Å². The van der Waals surface area contributed by atoms with Crippen molar-refractivity contribution in [2.45, 2.75) is 34.1 Å². The highest BCUT2D eigenvalue weighted by Gasteiger charge is 2.19. The molecule has 0 aliphatic heterocycles. The van der Waals surface area contributed by atoms with Gasteiger partial charge in [0.2, 0.25) is 0 Å². The van der Waals surface area contributed by atoms with E-state index in [0.717, 1.165) is 33.7 Å². The summed E-state index contributed by atoms with van der Waals surface area (Å²) in [5.74, 6) is 0.758. The van der Waals surface area contributed by atoms with Crippen molar-refractivity contribution >= 4 is 28.5 Å². The molecule has 0 unspecified atom stereocenters. The second kappa shape index (κ2) is 6.84. The average Bonchev–Trinajstić information content (AvgIpc) is 2.84. The maximum atomic E-state index is 12.5. The number of hydrogen-bond donors (Lipinski definition) is 1. The van der Waals surface area contributed by atoms with Crippen molar-refractivity contribution in [1.29, 1.82) is 0 Å². The number of carbonyl (C=O) groups is 1. The van der Waals surface area contributed by atoms with Gasteiger partial charge >= 0.3 is 0 Å². The number of nitrogens with one attached hydrogen (secondary N) is 1. The second-order valence-electron chi connectivity index (χ2n) is 6.25. The summed E-state index contributed by atoms with van der Waals surface area (Å²) in [4.78, 5) is 21.2. The molecule has 0 spiro atoms. The largest absolute Gasteiger partial charge is 0.449 e. The Balaban J connectivity index is 1.74. The summed E-state index contributed by atoms with van der Waals surface area (Å²) in [5, 5.41) is 4.25. The first kappa shape index (κ1) is 17.4. The Kier molecular flexibility index (Phi) is 4.77. The van der Waals surface area contributed by atoms with Crippen LogP contribution in [0.1, 0.15) is 38.9 Å². The van der Waals surface area contributed by atoms with Crippen molar-refractivity contribution in [1.82, 2.24) is 15.3 Å². The highest BCUT2D eigenvalue weighted by atomic mass is 35.5. The molecule has 0 saturated heterocycles. The lowest BCUT2D eigenvalue weighted by Gasteiger charge is -2.05. The Morgan fingerprint density at radius 1 is 1.12 bits per heavy atom. The summed E-state index contributed by atoms with van der Waals surface area (Å²) in [7, 11) is 0. The first-order valence-electron chi connectivity index (χ1n) is 8.13. The number of furan rings is 1. The molecule has 2 heterocycles. The van der Waals surface area contributed by atoms with E-state index in [1.54, 1.807) is 0 Å². The maximum absolute atomic E-state index is 12.5. The van der Waals surface area contributed by atoms with E-state index in [2.05, 4.69) is 15.3 Å². The fourth-order valence-electron chi connectivity index (χ4n) is 2.91. The number of aromatic nitrogens is 2. The molecular formula is C19H20ClN3O2. The van der Waals surface area contributed by atoms with E-state index in [0.29, 0.717) is 29.3 Å². The monoisotopic (exact) mass is 357 g/mol. The van der Waals surface area contributed by atoms with Gasteiger partial charge in [0.05, 0.1) is 5.02 Å². The van der Waals surface area contributed by atoms with E-state index >= 15 is 0 Å². The number of benzene rings is 1. The van der Waals surface area contributed by atoms with Gasteiger partial charge in [-0.25, -0.2) is 9.97 Å². The molecule has 0 aliphatic rings. The number of carbonyl (C=O) groups excluding carboxylic acids is 1. The Hall–Kier alpha value is -2.40. The summed E-state index contributed by atoms with van der Waals surface area (Å²) in [6, 6.07) is 5.72. The van der Waals surface area contributed by atoms with E-state index < -0.39 is 0 Å². The van der Waals surface area contributed by atoms with Gasteiger partial charge in [0.15, 0.2) is 11.3 Å². The number of rotatable bonds is 4. The number of amides is 1. The third kappa shape index (κ3) is 3.66. The number of hydrogen-bond acceptors (Lipinski definition) is 4. The lowest BCUT2D eigenvalue weighted by molar-refractivity contribution is 0.0927. The topological polar surface area (TPSA) is 68.0 Å². The molecule has 130 valence electrons. The normalized spacial score (nSPS) is 11.1. The molecule has 0 aliphatic carbocycles. The zero-order valence-electron chi connectivity index (χ0n) is 14.7. The molecular weight excluding hydrogens is 338 g/mol. The summed E-state index contributed by atoms with van der Waals surface area (Å²) < 4.78 is 5.71. The zero-order valence-corrected chi connectivity index (χ0v) is 15.5. The zero-order chi connectivity index (χ0) is 18.1. The van der Waals surface area contributed by atoms with Crippen molar-refractivity contribution in [3.05, 3.63) is 57.3 Å². The van der Waals surface area contributed by atoms with Crippen LogP contribution in [-0.2, 0) is 6.42 Å². The Bertz CT molecular complexity index is 943. The standard InChI is InChI=1S/C19H20ClN3O2/c1-10-7-14-13(4)17(25-18(14)15(20)8-10)19(24)21-6-5-16-22-11(2)9-12(3)23-16/h7-9H,5-6H2,1-4H3,(H,21,24). The summed E-state index contributed by atoms with van der Waals surface area (Å²) >= 11 is 6.22. The van der Waals surface area contributed by atoms with Gasteiger partial charge in [-0.2, -0.15) is 0 Å². The van der Waals surface area contributed by atoms with Crippen LogP contribution in [0.2, 0.25) is 5.02 Å². The predicted molar refractivity (Wildman–Crippen MR) is 98.2 cm³/mol. The van der Waals surface area contributed by atoms with Gasteiger partial charge in [-0.05, 0) is 51.5 Å².